The van der Waals surface area contributed by atoms with Crippen LogP contribution in [-0.2, 0) is 9.36 Å². The van der Waals surface area contributed by atoms with Crippen LogP contribution in [-0.4, -0.2) is 43.0 Å². The lowest BCUT2D eigenvalue weighted by Crippen LogP contribution is -2.37. The van der Waals surface area contributed by atoms with Crippen LogP contribution in [0.5, 0.6) is 17.2 Å². The lowest BCUT2D eigenvalue weighted by atomic mass is 10.3. The van der Waals surface area contributed by atoms with Crippen LogP contribution in [0.3, 0.4) is 0 Å². The number of ether oxygens (including phenoxy) is 2. The maximum absolute atomic E-state index is 12.1. The number of benzene rings is 2. The molecular weight excluding hydrogens is 415 g/mol. The minimum Gasteiger partial charge on any atom is -0.481 e. The van der Waals surface area contributed by atoms with Gasteiger partial charge in [0.25, 0.3) is 5.91 Å². The van der Waals surface area contributed by atoms with Crippen molar-refractivity contribution in [2.24, 2.45) is 0 Å². The van der Waals surface area contributed by atoms with Crippen LogP contribution in [0, 0.1) is 0 Å². The second kappa shape index (κ2) is 12.5. The smallest absolute Gasteiger partial charge is 0.260 e. The molecule has 29 heavy (non-hydrogen) atoms. The molecule has 0 radical (unpaired) electrons. The van der Waals surface area contributed by atoms with E-state index in [2.05, 4.69) is 10.4 Å². The number of aliphatic hydroxyl groups is 1. The average molecular weight is 441 g/mol. The van der Waals surface area contributed by atoms with Crippen molar-refractivity contribution in [3.8, 4) is 17.2 Å². The third-order valence-electron chi connectivity index (χ3n) is 3.87. The van der Waals surface area contributed by atoms with E-state index >= 15 is 0 Å². The first-order valence-electron chi connectivity index (χ1n) is 9.33. The molecule has 0 spiro atoms. The highest BCUT2D eigenvalue weighted by Crippen LogP contribution is 2.25. The van der Waals surface area contributed by atoms with E-state index in [0.717, 1.165) is 0 Å². The van der Waals surface area contributed by atoms with Gasteiger partial charge in [-0.3, -0.25) is 9.88 Å². The largest absolute Gasteiger partial charge is 0.481 e. The van der Waals surface area contributed by atoms with Crippen molar-refractivity contribution < 1.29 is 23.9 Å². The van der Waals surface area contributed by atoms with Crippen molar-refractivity contribution in [1.29, 1.82) is 0 Å². The molecule has 7 nitrogen and oxygen atoms in total. The van der Waals surface area contributed by atoms with Crippen LogP contribution in [0.1, 0.15) is 13.3 Å². The Hall–Kier alpha value is -2.05. The minimum absolute atomic E-state index is 0.0454. The predicted octanol–water partition coefficient (Wildman–Crippen LogP) is 3.46. The second-order valence-corrected chi connectivity index (χ2v) is 8.39. The lowest BCUT2D eigenvalue weighted by molar-refractivity contribution is -0.127. The summed E-state index contributed by atoms with van der Waals surface area (Å²) in [5, 5.41) is 14.8. The van der Waals surface area contributed by atoms with Crippen LogP contribution in [0.25, 0.3) is 0 Å². The van der Waals surface area contributed by atoms with E-state index in [9.17, 15) is 9.36 Å². The summed E-state index contributed by atoms with van der Waals surface area (Å²) in [6, 6.07) is 14.0. The van der Waals surface area contributed by atoms with E-state index < -0.39 is 14.1 Å². The van der Waals surface area contributed by atoms with E-state index in [0.29, 0.717) is 47.9 Å². The third kappa shape index (κ3) is 8.88. The molecule has 3 N–H and O–H groups in total. The number of nitrogens with one attached hydrogen (secondary N) is 2. The standard InChI is InChI=1S/C20H26ClN2O5P/c1-15(20(25)22-11-2-14-29(26)23-12-13-24)27-17-7-9-19(10-8-17)28-18-5-3-16(21)4-6-18/h3-10,15,24,29H,2,11-14H2,1H3,(H,22,25)(H,23,26). The first kappa shape index (κ1) is 23.2. The van der Waals surface area contributed by atoms with E-state index in [-0.39, 0.29) is 12.5 Å². The summed E-state index contributed by atoms with van der Waals surface area (Å²) in [4.78, 5) is 12.1. The van der Waals surface area contributed by atoms with Crippen molar-refractivity contribution in [1.82, 2.24) is 10.4 Å². The zero-order valence-electron chi connectivity index (χ0n) is 16.2. The van der Waals surface area contributed by atoms with Crippen molar-refractivity contribution >= 4 is 25.5 Å². The van der Waals surface area contributed by atoms with Gasteiger partial charge in [0.05, 0.1) is 6.61 Å². The molecule has 2 aromatic carbocycles. The van der Waals surface area contributed by atoms with Gasteiger partial charge in [0, 0.05) is 24.3 Å². The SMILES string of the molecule is CC(Oc1ccc(Oc2ccc(Cl)cc2)cc1)C(=O)NCCC[PH](=O)NCCO. The summed E-state index contributed by atoms with van der Waals surface area (Å²) in [5.74, 6) is 1.62. The highest BCUT2D eigenvalue weighted by molar-refractivity contribution is 7.42. The molecule has 0 aliphatic rings. The Morgan fingerprint density at radius 1 is 1.07 bits per heavy atom. The monoisotopic (exact) mass is 440 g/mol. The Bertz CT molecular complexity index is 786. The van der Waals surface area contributed by atoms with Crippen LogP contribution in [0.15, 0.2) is 48.5 Å². The first-order valence-corrected chi connectivity index (χ1v) is 11.3. The number of amides is 1. The van der Waals surface area contributed by atoms with Crippen LogP contribution in [0.4, 0.5) is 0 Å². The van der Waals surface area contributed by atoms with E-state index in [1.807, 2.05) is 0 Å². The zero-order valence-corrected chi connectivity index (χ0v) is 17.9. The third-order valence-corrected chi connectivity index (χ3v) is 5.57. The van der Waals surface area contributed by atoms with Gasteiger partial charge in [-0.15, -0.1) is 0 Å². The van der Waals surface area contributed by atoms with Crippen molar-refractivity contribution in [3.05, 3.63) is 53.6 Å². The molecule has 0 aromatic heterocycles. The number of carbonyl (C=O) groups is 1. The predicted molar refractivity (Wildman–Crippen MR) is 115 cm³/mol. The summed E-state index contributed by atoms with van der Waals surface area (Å²) in [5.41, 5.74) is 0. The Morgan fingerprint density at radius 3 is 2.28 bits per heavy atom. The molecule has 2 rings (SSSR count). The van der Waals surface area contributed by atoms with Crippen molar-refractivity contribution in [2.45, 2.75) is 19.4 Å². The molecule has 0 bridgehead atoms. The Kier molecular flexibility index (Phi) is 10.0. The van der Waals surface area contributed by atoms with Gasteiger partial charge in [0.15, 0.2) is 6.10 Å². The zero-order chi connectivity index (χ0) is 21.1. The molecule has 0 fully saturated rings. The molecule has 0 saturated heterocycles. The normalized spacial score (nSPS) is 12.8. The molecule has 2 aromatic rings. The number of carbonyl (C=O) groups excluding carboxylic acids is 1. The van der Waals surface area contributed by atoms with E-state index in [1.165, 1.54) is 0 Å². The molecule has 0 aliphatic heterocycles. The quantitative estimate of drug-likeness (QED) is 0.345. The van der Waals surface area contributed by atoms with E-state index in [1.54, 1.807) is 55.5 Å². The molecule has 9 heteroatoms. The number of hydrogen-bond acceptors (Lipinski definition) is 5. The fourth-order valence-electron chi connectivity index (χ4n) is 2.37. The number of aliphatic hydroxyl groups excluding tert-OH is 1. The molecule has 0 aliphatic carbocycles. The fraction of sp³-hybridized carbons (Fsp3) is 0.350. The summed E-state index contributed by atoms with van der Waals surface area (Å²) >= 11 is 5.85. The summed E-state index contributed by atoms with van der Waals surface area (Å²) < 4.78 is 23.0. The molecule has 0 heterocycles. The number of halogens is 1. The summed E-state index contributed by atoms with van der Waals surface area (Å²) in [7, 11) is -1.91. The van der Waals surface area contributed by atoms with Gasteiger partial charge in [-0.05, 0) is 61.9 Å². The lowest BCUT2D eigenvalue weighted by Gasteiger charge is -2.15. The molecule has 2 unspecified atom stereocenters. The van der Waals surface area contributed by atoms with Crippen LogP contribution >= 0.6 is 19.6 Å². The van der Waals surface area contributed by atoms with Crippen LogP contribution < -0.4 is 19.9 Å². The van der Waals surface area contributed by atoms with Crippen molar-refractivity contribution in [3.63, 3.8) is 0 Å². The van der Waals surface area contributed by atoms with Gasteiger partial charge in [-0.1, -0.05) is 11.6 Å². The number of hydrogen-bond donors (Lipinski definition) is 3. The number of rotatable bonds is 12. The Morgan fingerprint density at radius 2 is 1.66 bits per heavy atom. The van der Waals surface area contributed by atoms with Gasteiger partial charge in [-0.2, -0.15) is 0 Å². The average Bonchev–Trinajstić information content (AvgIpc) is 2.72. The molecule has 0 saturated carbocycles. The molecular formula is C20H26ClN2O5P. The second-order valence-electron chi connectivity index (χ2n) is 6.26. The van der Waals surface area contributed by atoms with E-state index in [4.69, 9.17) is 26.2 Å². The first-order chi connectivity index (χ1) is 14.0. The van der Waals surface area contributed by atoms with Gasteiger partial charge >= 0.3 is 0 Å². The minimum atomic E-state index is -1.91. The highest BCUT2D eigenvalue weighted by atomic mass is 35.5. The van der Waals surface area contributed by atoms with Gasteiger partial charge in [-0.25, -0.2) is 0 Å². The summed E-state index contributed by atoms with van der Waals surface area (Å²) in [6.07, 6.45) is 0.392. The Balaban J connectivity index is 1.72. The summed E-state index contributed by atoms with van der Waals surface area (Å²) in [6.45, 7) is 2.35. The maximum atomic E-state index is 12.1. The fourth-order valence-corrected chi connectivity index (χ4v) is 3.56. The van der Waals surface area contributed by atoms with Gasteiger partial charge < -0.3 is 24.5 Å². The highest BCUT2D eigenvalue weighted by Gasteiger charge is 2.14. The Labute approximate surface area is 176 Å². The van der Waals surface area contributed by atoms with Gasteiger partial charge in [0.1, 0.15) is 25.2 Å². The van der Waals surface area contributed by atoms with Crippen molar-refractivity contribution in [2.75, 3.05) is 25.9 Å². The molecule has 1 amide bonds. The molecule has 2 atom stereocenters. The molecule has 158 valence electrons. The topological polar surface area (TPSA) is 96.9 Å². The van der Waals surface area contributed by atoms with Gasteiger partial charge in [0.2, 0.25) is 0 Å². The maximum Gasteiger partial charge on any atom is 0.260 e. The van der Waals surface area contributed by atoms with Crippen LogP contribution in [0.2, 0.25) is 5.02 Å².